The van der Waals surface area contributed by atoms with Crippen LogP contribution in [0.4, 0.5) is 5.69 Å². The van der Waals surface area contributed by atoms with E-state index < -0.39 is 23.5 Å². The van der Waals surface area contributed by atoms with Gasteiger partial charge < -0.3 is 19.4 Å². The van der Waals surface area contributed by atoms with E-state index in [9.17, 15) is 19.8 Å². The van der Waals surface area contributed by atoms with Crippen molar-refractivity contribution >= 4 is 17.4 Å². The minimum atomic E-state index is -0.983. The first-order chi connectivity index (χ1) is 14.0. The summed E-state index contributed by atoms with van der Waals surface area (Å²) in [5.74, 6) is -1.76. The molecule has 7 nitrogen and oxygen atoms in total. The second-order valence-corrected chi connectivity index (χ2v) is 6.41. The molecule has 29 heavy (non-hydrogen) atoms. The zero-order valence-electron chi connectivity index (χ0n) is 15.4. The normalized spacial score (nSPS) is 16.4. The predicted octanol–water partition coefficient (Wildman–Crippen LogP) is 3.78. The molecule has 2 aromatic carbocycles. The molecule has 1 amide bonds. The van der Waals surface area contributed by atoms with Crippen molar-refractivity contribution < 1.29 is 29.0 Å². The fourth-order valence-corrected chi connectivity index (χ4v) is 3.42. The van der Waals surface area contributed by atoms with E-state index in [1.807, 2.05) is 0 Å². The number of ether oxygens (including phenoxy) is 1. The van der Waals surface area contributed by atoms with Crippen LogP contribution < -0.4 is 9.64 Å². The molecule has 0 fully saturated rings. The summed E-state index contributed by atoms with van der Waals surface area (Å²) in [7, 11) is 1.50. The number of hydrogen-bond donors (Lipinski definition) is 2. The zero-order valence-corrected chi connectivity index (χ0v) is 15.4. The zero-order chi connectivity index (χ0) is 20.5. The van der Waals surface area contributed by atoms with Crippen molar-refractivity contribution in [3.05, 3.63) is 89.6 Å². The number of methoxy groups -OCH3 is 1. The van der Waals surface area contributed by atoms with Crippen LogP contribution in [0.5, 0.6) is 11.5 Å². The molecule has 0 bridgehead atoms. The summed E-state index contributed by atoms with van der Waals surface area (Å²) >= 11 is 0. The lowest BCUT2D eigenvalue weighted by Gasteiger charge is -2.27. The Hall–Kier alpha value is -4.00. The third-order valence-electron chi connectivity index (χ3n) is 4.75. The molecule has 0 saturated heterocycles. The van der Waals surface area contributed by atoms with E-state index >= 15 is 0 Å². The fourth-order valence-electron chi connectivity index (χ4n) is 3.42. The van der Waals surface area contributed by atoms with Crippen molar-refractivity contribution in [2.45, 2.75) is 6.04 Å². The molecule has 1 atom stereocenters. The van der Waals surface area contributed by atoms with Crippen molar-refractivity contribution in [3.63, 3.8) is 0 Å². The number of para-hydroxylation sites is 2. The lowest BCUT2D eigenvalue weighted by molar-refractivity contribution is -0.117. The van der Waals surface area contributed by atoms with Gasteiger partial charge >= 0.3 is 0 Å². The molecular weight excluding hydrogens is 374 g/mol. The van der Waals surface area contributed by atoms with Crippen molar-refractivity contribution in [3.8, 4) is 11.5 Å². The second kappa shape index (κ2) is 7.20. The average Bonchev–Trinajstić information content (AvgIpc) is 3.36. The van der Waals surface area contributed by atoms with Gasteiger partial charge in [0, 0.05) is 0 Å². The van der Waals surface area contributed by atoms with E-state index in [1.54, 1.807) is 42.5 Å². The van der Waals surface area contributed by atoms with Crippen LogP contribution >= 0.6 is 0 Å². The number of carbonyl (C=O) groups excluding carboxylic acids is 2. The van der Waals surface area contributed by atoms with Gasteiger partial charge in [0.05, 0.1) is 30.7 Å². The number of aromatic hydroxyl groups is 1. The molecule has 2 N–H and O–H groups in total. The molecule has 3 aromatic rings. The Bertz CT molecular complexity index is 1120. The number of anilines is 1. The third-order valence-corrected chi connectivity index (χ3v) is 4.75. The fraction of sp³-hybridized carbons (Fsp3) is 0.0909. The first kappa shape index (κ1) is 18.4. The number of carbonyl (C=O) groups is 2. The van der Waals surface area contributed by atoms with Gasteiger partial charge in [0.1, 0.15) is 11.5 Å². The number of benzene rings is 2. The molecule has 1 unspecified atom stereocenters. The van der Waals surface area contributed by atoms with Gasteiger partial charge in [-0.25, -0.2) is 0 Å². The lowest BCUT2D eigenvalue weighted by Crippen LogP contribution is -2.31. The summed E-state index contributed by atoms with van der Waals surface area (Å²) in [6.07, 6.45) is 1.34. The maximum Gasteiger partial charge on any atom is 0.294 e. The summed E-state index contributed by atoms with van der Waals surface area (Å²) in [6.45, 7) is 0. The van der Waals surface area contributed by atoms with Crippen molar-refractivity contribution in [2.24, 2.45) is 0 Å². The van der Waals surface area contributed by atoms with E-state index in [-0.39, 0.29) is 22.8 Å². The van der Waals surface area contributed by atoms with Gasteiger partial charge in [-0.2, -0.15) is 0 Å². The van der Waals surface area contributed by atoms with Crippen LogP contribution in [0.25, 0.3) is 0 Å². The number of aliphatic hydroxyl groups excluding tert-OH is 1. The average molecular weight is 391 g/mol. The first-order valence-corrected chi connectivity index (χ1v) is 8.79. The highest BCUT2D eigenvalue weighted by molar-refractivity contribution is 6.20. The Morgan fingerprint density at radius 3 is 2.55 bits per heavy atom. The number of phenols is 1. The molecule has 146 valence electrons. The number of nitrogens with zero attached hydrogens (tertiary/aromatic N) is 1. The number of amides is 1. The van der Waals surface area contributed by atoms with Gasteiger partial charge in [0.25, 0.3) is 5.91 Å². The minimum absolute atomic E-state index is 0.00798. The number of hydrogen-bond acceptors (Lipinski definition) is 6. The number of rotatable bonds is 5. The SMILES string of the molecule is COc1cccc(C2C(C(=O)c3ccco3)=C(O)C(=O)N2c2ccccc2O)c1. The Labute approximate surface area is 166 Å². The van der Waals surface area contributed by atoms with E-state index in [4.69, 9.17) is 9.15 Å². The van der Waals surface area contributed by atoms with Gasteiger partial charge in [0.2, 0.25) is 5.78 Å². The minimum Gasteiger partial charge on any atom is -0.506 e. The molecule has 4 rings (SSSR count). The van der Waals surface area contributed by atoms with Gasteiger partial charge in [-0.15, -0.1) is 0 Å². The molecular formula is C22H17NO6. The standard InChI is InChI=1S/C22H17NO6/c1-28-14-7-4-6-13(12-14)19-18(20(25)17-10-5-11-29-17)21(26)22(27)23(19)15-8-2-3-9-16(15)24/h2-12,19,24,26H,1H3. The van der Waals surface area contributed by atoms with Crippen LogP contribution in [0.15, 0.2) is 82.7 Å². The molecule has 0 radical (unpaired) electrons. The first-order valence-electron chi connectivity index (χ1n) is 8.79. The van der Waals surface area contributed by atoms with Gasteiger partial charge in [-0.05, 0) is 42.0 Å². The molecule has 1 aliphatic rings. The third kappa shape index (κ3) is 3.02. The number of furan rings is 1. The highest BCUT2D eigenvalue weighted by atomic mass is 16.5. The maximum atomic E-state index is 13.1. The van der Waals surface area contributed by atoms with Crippen LogP contribution in [0, 0.1) is 0 Å². The Kier molecular flexibility index (Phi) is 4.56. The van der Waals surface area contributed by atoms with Crippen molar-refractivity contribution in [2.75, 3.05) is 12.0 Å². The Balaban J connectivity index is 1.92. The summed E-state index contributed by atoms with van der Waals surface area (Å²) in [6, 6.07) is 15.1. The van der Waals surface area contributed by atoms with Gasteiger partial charge in [-0.3, -0.25) is 14.5 Å². The number of phenolic OH excluding ortho intramolecular Hbond substituents is 1. The predicted molar refractivity (Wildman–Crippen MR) is 104 cm³/mol. The maximum absolute atomic E-state index is 13.1. The molecule has 7 heteroatoms. The van der Waals surface area contributed by atoms with E-state index in [0.29, 0.717) is 11.3 Å². The summed E-state index contributed by atoms with van der Waals surface area (Å²) < 4.78 is 10.5. The summed E-state index contributed by atoms with van der Waals surface area (Å²) in [4.78, 5) is 27.2. The van der Waals surface area contributed by atoms with Crippen LogP contribution in [-0.2, 0) is 4.79 Å². The lowest BCUT2D eigenvalue weighted by atomic mass is 9.94. The van der Waals surface area contributed by atoms with E-state index in [1.165, 1.54) is 36.5 Å². The summed E-state index contributed by atoms with van der Waals surface area (Å²) in [5, 5.41) is 20.9. The van der Waals surface area contributed by atoms with Gasteiger partial charge in [-0.1, -0.05) is 24.3 Å². The number of ketones is 1. The highest BCUT2D eigenvalue weighted by Gasteiger charge is 2.46. The molecule has 0 saturated carbocycles. The highest BCUT2D eigenvalue weighted by Crippen LogP contribution is 2.44. The summed E-state index contributed by atoms with van der Waals surface area (Å²) in [5.41, 5.74) is 0.556. The second-order valence-electron chi connectivity index (χ2n) is 6.41. The van der Waals surface area contributed by atoms with E-state index in [0.717, 1.165) is 0 Å². The van der Waals surface area contributed by atoms with Crippen LogP contribution in [-0.4, -0.2) is 29.0 Å². The van der Waals surface area contributed by atoms with Crippen LogP contribution in [0.2, 0.25) is 0 Å². The number of Topliss-reactive ketones (excluding diaryl/α,β-unsaturated/α-hetero) is 1. The molecule has 2 heterocycles. The topological polar surface area (TPSA) is 100 Å². The monoisotopic (exact) mass is 391 g/mol. The van der Waals surface area contributed by atoms with E-state index in [2.05, 4.69) is 0 Å². The van der Waals surface area contributed by atoms with Crippen LogP contribution in [0.3, 0.4) is 0 Å². The molecule has 0 spiro atoms. The molecule has 1 aliphatic heterocycles. The van der Waals surface area contributed by atoms with Crippen molar-refractivity contribution in [1.82, 2.24) is 0 Å². The smallest absolute Gasteiger partial charge is 0.294 e. The Morgan fingerprint density at radius 1 is 1.07 bits per heavy atom. The molecule has 1 aromatic heterocycles. The number of aliphatic hydroxyl groups is 1. The Morgan fingerprint density at radius 2 is 1.86 bits per heavy atom. The molecule has 0 aliphatic carbocycles. The van der Waals surface area contributed by atoms with Gasteiger partial charge in [0.15, 0.2) is 11.5 Å². The quantitative estimate of drug-likeness (QED) is 0.642. The largest absolute Gasteiger partial charge is 0.506 e. The van der Waals surface area contributed by atoms with Crippen LogP contribution in [0.1, 0.15) is 22.2 Å². The van der Waals surface area contributed by atoms with Crippen molar-refractivity contribution in [1.29, 1.82) is 0 Å².